The second-order valence-electron chi connectivity index (χ2n) is 6.44. The average Bonchev–Trinajstić information content (AvgIpc) is 2.61. The molecule has 0 heterocycles. The molecule has 0 unspecified atom stereocenters. The third-order valence-electron chi connectivity index (χ3n) is 5.09. The molecular weight excluding hydrogens is 282 g/mol. The first-order chi connectivity index (χ1) is 11.1. The van der Waals surface area contributed by atoms with Gasteiger partial charge in [-0.05, 0) is 30.0 Å². The molecule has 0 fully saturated rings. The fourth-order valence-electron chi connectivity index (χ4n) is 3.10. The minimum atomic E-state index is 0.733. The van der Waals surface area contributed by atoms with Crippen molar-refractivity contribution in [2.45, 2.75) is 53.4 Å². The van der Waals surface area contributed by atoms with E-state index in [-0.39, 0.29) is 0 Å². The van der Waals surface area contributed by atoms with E-state index in [2.05, 4.69) is 56.1 Å². The number of hydrogen-bond donors (Lipinski definition) is 2. The molecule has 0 bridgehead atoms. The second-order valence-corrected chi connectivity index (χ2v) is 6.44. The fourth-order valence-corrected chi connectivity index (χ4v) is 3.10. The molecule has 23 heavy (non-hydrogen) atoms. The molecule has 1 rings (SSSR count). The zero-order chi connectivity index (χ0) is 17.2. The topological polar surface area (TPSA) is 39.1 Å². The van der Waals surface area contributed by atoms with Crippen LogP contribution in [0, 0.1) is 17.2 Å². The molecule has 0 saturated carbocycles. The van der Waals surface area contributed by atoms with E-state index >= 15 is 0 Å². The summed E-state index contributed by atoms with van der Waals surface area (Å²) in [5, 5.41) is 10.8. The van der Waals surface area contributed by atoms with E-state index in [1.807, 2.05) is 7.05 Å². The average molecular weight is 318 g/mol. The Balaban J connectivity index is 3.08. The van der Waals surface area contributed by atoms with Crippen LogP contribution in [0.3, 0.4) is 0 Å². The molecule has 0 amide bonds. The van der Waals surface area contributed by atoms with Gasteiger partial charge in [0.05, 0.1) is 0 Å². The molecular formula is C20H35N3. The Morgan fingerprint density at radius 1 is 1.00 bits per heavy atom. The van der Waals surface area contributed by atoms with Crippen LogP contribution in [0.2, 0.25) is 0 Å². The lowest BCUT2D eigenvalue weighted by atomic mass is 9.98. The van der Waals surface area contributed by atoms with Gasteiger partial charge in [0.2, 0.25) is 0 Å². The van der Waals surface area contributed by atoms with Crippen molar-refractivity contribution in [2.24, 2.45) is 11.8 Å². The summed E-state index contributed by atoms with van der Waals surface area (Å²) < 4.78 is 0. The first-order valence-electron chi connectivity index (χ1n) is 9.20. The van der Waals surface area contributed by atoms with E-state index < -0.39 is 0 Å². The van der Waals surface area contributed by atoms with Gasteiger partial charge in [0, 0.05) is 43.3 Å². The minimum absolute atomic E-state index is 0.733. The van der Waals surface area contributed by atoms with Gasteiger partial charge in [-0.1, -0.05) is 53.4 Å². The van der Waals surface area contributed by atoms with Gasteiger partial charge < -0.3 is 15.6 Å². The maximum Gasteiger partial charge on any atom is 0.0428 e. The van der Waals surface area contributed by atoms with Crippen LogP contribution in [0.4, 0.5) is 11.4 Å². The molecule has 0 radical (unpaired) electrons. The van der Waals surface area contributed by atoms with Gasteiger partial charge in [-0.15, -0.1) is 0 Å². The monoisotopic (exact) mass is 317 g/mol. The van der Waals surface area contributed by atoms with Gasteiger partial charge in [0.15, 0.2) is 0 Å². The normalized spacial score (nSPS) is 11.1. The Morgan fingerprint density at radius 3 is 1.91 bits per heavy atom. The molecule has 0 aliphatic heterocycles. The Labute approximate surface area is 143 Å². The lowest BCUT2D eigenvalue weighted by Crippen LogP contribution is -2.33. The SMILES string of the molecule is CCC(CC)CN(CC(CC)CC)c1ccc(NC)c(C=N)c1. The summed E-state index contributed by atoms with van der Waals surface area (Å²) in [6.45, 7) is 11.4. The molecule has 0 aliphatic rings. The van der Waals surface area contributed by atoms with Crippen molar-refractivity contribution in [1.29, 1.82) is 5.41 Å². The summed E-state index contributed by atoms with van der Waals surface area (Å²) in [6.07, 6.45) is 6.34. The maximum atomic E-state index is 7.67. The van der Waals surface area contributed by atoms with Gasteiger partial charge >= 0.3 is 0 Å². The van der Waals surface area contributed by atoms with E-state index in [4.69, 9.17) is 5.41 Å². The Bertz CT molecular complexity index is 448. The summed E-state index contributed by atoms with van der Waals surface area (Å²) in [5.41, 5.74) is 3.24. The van der Waals surface area contributed by atoms with Crippen LogP contribution in [0.15, 0.2) is 18.2 Å². The Hall–Kier alpha value is -1.51. The number of rotatable bonds is 11. The Morgan fingerprint density at radius 2 is 1.52 bits per heavy atom. The van der Waals surface area contributed by atoms with E-state index in [0.29, 0.717) is 0 Å². The predicted octanol–water partition coefficient (Wildman–Crippen LogP) is 5.40. The lowest BCUT2D eigenvalue weighted by molar-refractivity contribution is 0.434. The van der Waals surface area contributed by atoms with Gasteiger partial charge in [0.1, 0.15) is 0 Å². The standard InChI is InChI=1S/C20H35N3/c1-6-16(7-2)14-23(15-17(8-3)9-4)19-10-11-20(22-5)18(12-19)13-21/h10-13,16-17,21-22H,6-9,14-15H2,1-5H3. The van der Waals surface area contributed by atoms with E-state index in [1.54, 1.807) is 0 Å². The largest absolute Gasteiger partial charge is 0.388 e. The lowest BCUT2D eigenvalue weighted by Gasteiger charge is -2.32. The van der Waals surface area contributed by atoms with E-state index in [9.17, 15) is 0 Å². The van der Waals surface area contributed by atoms with Crippen LogP contribution in [-0.2, 0) is 0 Å². The van der Waals surface area contributed by atoms with E-state index in [0.717, 1.165) is 36.2 Å². The van der Waals surface area contributed by atoms with Crippen LogP contribution in [-0.4, -0.2) is 26.4 Å². The van der Waals surface area contributed by atoms with E-state index in [1.165, 1.54) is 37.6 Å². The molecule has 0 spiro atoms. The molecule has 0 aliphatic carbocycles. The Kier molecular flexibility index (Phi) is 8.75. The summed E-state index contributed by atoms with van der Waals surface area (Å²) in [4.78, 5) is 2.54. The molecule has 2 N–H and O–H groups in total. The molecule has 3 nitrogen and oxygen atoms in total. The summed E-state index contributed by atoms with van der Waals surface area (Å²) in [6, 6.07) is 6.45. The summed E-state index contributed by atoms with van der Waals surface area (Å²) >= 11 is 0. The van der Waals surface area contributed by atoms with Crippen molar-refractivity contribution >= 4 is 17.6 Å². The highest BCUT2D eigenvalue weighted by Gasteiger charge is 2.16. The van der Waals surface area contributed by atoms with Crippen molar-refractivity contribution in [3.05, 3.63) is 23.8 Å². The first kappa shape index (κ1) is 19.5. The van der Waals surface area contributed by atoms with Gasteiger partial charge in [-0.25, -0.2) is 0 Å². The number of benzene rings is 1. The quantitative estimate of drug-likeness (QED) is 0.536. The predicted molar refractivity (Wildman–Crippen MR) is 104 cm³/mol. The first-order valence-corrected chi connectivity index (χ1v) is 9.20. The molecule has 0 atom stereocenters. The van der Waals surface area contributed by atoms with Crippen LogP contribution >= 0.6 is 0 Å². The van der Waals surface area contributed by atoms with Crippen molar-refractivity contribution in [3.63, 3.8) is 0 Å². The van der Waals surface area contributed by atoms with Crippen LogP contribution in [0.5, 0.6) is 0 Å². The van der Waals surface area contributed by atoms with Crippen molar-refractivity contribution in [2.75, 3.05) is 30.4 Å². The second kappa shape index (κ2) is 10.3. The third kappa shape index (κ3) is 5.56. The highest BCUT2D eigenvalue weighted by molar-refractivity contribution is 5.87. The highest BCUT2D eigenvalue weighted by Crippen LogP contribution is 2.26. The number of hydrogen-bond acceptors (Lipinski definition) is 3. The number of anilines is 2. The van der Waals surface area contributed by atoms with Crippen LogP contribution in [0.1, 0.15) is 58.9 Å². The molecule has 1 aromatic rings. The zero-order valence-electron chi connectivity index (χ0n) is 15.7. The molecule has 3 heteroatoms. The highest BCUT2D eigenvalue weighted by atomic mass is 15.1. The zero-order valence-corrected chi connectivity index (χ0v) is 15.7. The summed E-state index contributed by atoms with van der Waals surface area (Å²) in [7, 11) is 1.91. The summed E-state index contributed by atoms with van der Waals surface area (Å²) in [5.74, 6) is 1.47. The molecule has 0 aromatic heterocycles. The maximum absolute atomic E-state index is 7.67. The third-order valence-corrected chi connectivity index (χ3v) is 5.09. The fraction of sp³-hybridized carbons (Fsp3) is 0.650. The smallest absolute Gasteiger partial charge is 0.0428 e. The number of nitrogens with one attached hydrogen (secondary N) is 2. The van der Waals surface area contributed by atoms with Gasteiger partial charge in [-0.3, -0.25) is 0 Å². The van der Waals surface area contributed by atoms with Crippen molar-refractivity contribution in [3.8, 4) is 0 Å². The molecule has 0 saturated heterocycles. The molecule has 1 aromatic carbocycles. The van der Waals surface area contributed by atoms with Crippen molar-refractivity contribution in [1.82, 2.24) is 0 Å². The van der Waals surface area contributed by atoms with Gasteiger partial charge in [-0.2, -0.15) is 0 Å². The van der Waals surface area contributed by atoms with Crippen LogP contribution in [0.25, 0.3) is 0 Å². The minimum Gasteiger partial charge on any atom is -0.388 e. The van der Waals surface area contributed by atoms with Gasteiger partial charge in [0.25, 0.3) is 0 Å². The van der Waals surface area contributed by atoms with Crippen molar-refractivity contribution < 1.29 is 0 Å². The number of nitrogens with zero attached hydrogens (tertiary/aromatic N) is 1. The molecule has 130 valence electrons. The van der Waals surface area contributed by atoms with Crippen LogP contribution < -0.4 is 10.2 Å².